The molecule has 0 aliphatic rings. The van der Waals surface area contributed by atoms with Gasteiger partial charge in [-0.15, -0.1) is 0 Å². The molecule has 0 aromatic heterocycles. The second kappa shape index (κ2) is 5.70. The van der Waals surface area contributed by atoms with Gasteiger partial charge in [0.2, 0.25) is 0 Å². The number of non-ortho nitro benzene ring substituents is 1. The molecular weight excluding hydrogens is 262 g/mol. The first kappa shape index (κ1) is 13.3. The molecule has 2 amide bonds. The second-order valence-corrected chi connectivity index (χ2v) is 3.94. The van der Waals surface area contributed by atoms with E-state index in [1.807, 2.05) is 0 Å². The molecule has 2 aromatic carbocycles. The minimum Gasteiger partial charge on any atom is -0.508 e. The van der Waals surface area contributed by atoms with Gasteiger partial charge in [0, 0.05) is 29.6 Å². The Bertz CT molecular complexity index is 658. The highest BCUT2D eigenvalue weighted by Crippen LogP contribution is 2.18. The number of amides is 2. The van der Waals surface area contributed by atoms with Gasteiger partial charge in [0.1, 0.15) is 5.75 Å². The van der Waals surface area contributed by atoms with Crippen molar-refractivity contribution in [1.82, 2.24) is 0 Å². The number of hydrogen-bond acceptors (Lipinski definition) is 4. The molecule has 7 nitrogen and oxygen atoms in total. The molecule has 20 heavy (non-hydrogen) atoms. The van der Waals surface area contributed by atoms with Gasteiger partial charge in [0.15, 0.2) is 0 Å². The normalized spacial score (nSPS) is 9.80. The summed E-state index contributed by atoms with van der Waals surface area (Å²) in [6.45, 7) is 0. The number of nitro groups is 1. The summed E-state index contributed by atoms with van der Waals surface area (Å²) in [5, 5.41) is 24.9. The number of phenols is 1. The van der Waals surface area contributed by atoms with E-state index in [9.17, 15) is 20.0 Å². The highest BCUT2D eigenvalue weighted by Gasteiger charge is 2.08. The van der Waals surface area contributed by atoms with E-state index in [4.69, 9.17) is 0 Å². The van der Waals surface area contributed by atoms with Crippen molar-refractivity contribution >= 4 is 23.1 Å². The summed E-state index contributed by atoms with van der Waals surface area (Å²) in [5.41, 5.74) is 0.602. The Morgan fingerprint density at radius 2 is 1.65 bits per heavy atom. The van der Waals surface area contributed by atoms with E-state index in [1.165, 1.54) is 36.4 Å². The zero-order valence-electron chi connectivity index (χ0n) is 10.2. The van der Waals surface area contributed by atoms with Crippen LogP contribution in [0.4, 0.5) is 21.9 Å². The molecule has 2 aromatic rings. The number of carbonyl (C=O) groups is 1. The van der Waals surface area contributed by atoms with Crippen LogP contribution in [0.1, 0.15) is 0 Å². The van der Waals surface area contributed by atoms with Gasteiger partial charge >= 0.3 is 6.03 Å². The molecule has 0 spiro atoms. The van der Waals surface area contributed by atoms with E-state index in [0.717, 1.165) is 0 Å². The van der Waals surface area contributed by atoms with Gasteiger partial charge in [-0.25, -0.2) is 4.79 Å². The van der Waals surface area contributed by atoms with Crippen LogP contribution in [-0.2, 0) is 0 Å². The fourth-order valence-electron chi connectivity index (χ4n) is 1.57. The van der Waals surface area contributed by atoms with Gasteiger partial charge in [-0.05, 0) is 18.2 Å². The summed E-state index contributed by atoms with van der Waals surface area (Å²) in [4.78, 5) is 21.8. The van der Waals surface area contributed by atoms with Gasteiger partial charge in [-0.3, -0.25) is 10.1 Å². The maximum absolute atomic E-state index is 11.7. The SMILES string of the molecule is O=C(Nc1cccc(O)c1)Nc1cccc([N+](=O)[O-])c1. The van der Waals surface area contributed by atoms with Crippen molar-refractivity contribution in [2.24, 2.45) is 0 Å². The van der Waals surface area contributed by atoms with Crippen molar-refractivity contribution in [3.8, 4) is 5.75 Å². The number of benzene rings is 2. The number of carbonyl (C=O) groups excluding carboxylic acids is 1. The molecule has 0 radical (unpaired) electrons. The number of rotatable bonds is 3. The minimum atomic E-state index is -0.559. The van der Waals surface area contributed by atoms with Crippen molar-refractivity contribution in [3.63, 3.8) is 0 Å². The third-order valence-electron chi connectivity index (χ3n) is 2.42. The van der Waals surface area contributed by atoms with Crippen molar-refractivity contribution < 1.29 is 14.8 Å². The average molecular weight is 273 g/mol. The largest absolute Gasteiger partial charge is 0.508 e. The van der Waals surface area contributed by atoms with Gasteiger partial charge in [0.25, 0.3) is 5.69 Å². The standard InChI is InChI=1S/C13H11N3O4/c17-12-6-2-4-10(8-12)15-13(18)14-9-3-1-5-11(7-9)16(19)20/h1-8,17H,(H2,14,15,18). The number of nitro benzene ring substituents is 1. The van der Waals surface area contributed by atoms with Crippen molar-refractivity contribution in [2.45, 2.75) is 0 Å². The molecule has 0 fully saturated rings. The summed E-state index contributed by atoms with van der Waals surface area (Å²) in [5.74, 6) is 0.0261. The maximum atomic E-state index is 11.7. The van der Waals surface area contributed by atoms with E-state index in [1.54, 1.807) is 12.1 Å². The summed E-state index contributed by atoms with van der Waals surface area (Å²) in [6, 6.07) is 11.1. The van der Waals surface area contributed by atoms with Crippen LogP contribution in [0.3, 0.4) is 0 Å². The van der Waals surface area contributed by atoms with Crippen LogP contribution >= 0.6 is 0 Å². The molecule has 0 atom stereocenters. The number of aromatic hydroxyl groups is 1. The molecule has 0 bridgehead atoms. The van der Waals surface area contributed by atoms with E-state index in [-0.39, 0.29) is 11.4 Å². The molecule has 2 rings (SSSR count). The van der Waals surface area contributed by atoms with Crippen LogP contribution < -0.4 is 10.6 Å². The monoisotopic (exact) mass is 273 g/mol. The fourth-order valence-corrected chi connectivity index (χ4v) is 1.57. The molecule has 0 saturated carbocycles. The number of nitrogens with zero attached hydrogens (tertiary/aromatic N) is 1. The maximum Gasteiger partial charge on any atom is 0.323 e. The first-order valence-electron chi connectivity index (χ1n) is 5.66. The van der Waals surface area contributed by atoms with Crippen LogP contribution in [0.5, 0.6) is 5.75 Å². The Labute approximate surface area is 114 Å². The van der Waals surface area contributed by atoms with Crippen LogP contribution in [0, 0.1) is 10.1 Å². The van der Waals surface area contributed by atoms with Crippen molar-refractivity contribution in [3.05, 3.63) is 58.6 Å². The van der Waals surface area contributed by atoms with Crippen LogP contribution in [0.15, 0.2) is 48.5 Å². The summed E-state index contributed by atoms with van der Waals surface area (Å²) in [7, 11) is 0. The lowest BCUT2D eigenvalue weighted by molar-refractivity contribution is -0.384. The lowest BCUT2D eigenvalue weighted by Gasteiger charge is -2.07. The van der Waals surface area contributed by atoms with Crippen molar-refractivity contribution in [1.29, 1.82) is 0 Å². The predicted molar refractivity (Wildman–Crippen MR) is 73.8 cm³/mol. The highest BCUT2D eigenvalue weighted by atomic mass is 16.6. The molecule has 102 valence electrons. The summed E-state index contributed by atoms with van der Waals surface area (Å²) in [6.07, 6.45) is 0. The Balaban J connectivity index is 2.04. The molecule has 0 aliphatic carbocycles. The van der Waals surface area contributed by atoms with Gasteiger partial charge in [0.05, 0.1) is 4.92 Å². The highest BCUT2D eigenvalue weighted by molar-refractivity contribution is 6.00. The lowest BCUT2D eigenvalue weighted by Crippen LogP contribution is -2.19. The van der Waals surface area contributed by atoms with Gasteiger partial charge in [-0.1, -0.05) is 12.1 Å². The summed E-state index contributed by atoms with van der Waals surface area (Å²) >= 11 is 0. The zero-order valence-corrected chi connectivity index (χ0v) is 10.2. The Kier molecular flexibility index (Phi) is 3.80. The Hall–Kier alpha value is -3.09. The quantitative estimate of drug-likeness (QED) is 0.590. The molecule has 0 heterocycles. The molecule has 0 saturated heterocycles. The third kappa shape index (κ3) is 3.45. The molecular formula is C13H11N3O4. The number of anilines is 2. The summed E-state index contributed by atoms with van der Waals surface area (Å²) < 4.78 is 0. The van der Waals surface area contributed by atoms with Crippen LogP contribution in [0.2, 0.25) is 0 Å². The van der Waals surface area contributed by atoms with E-state index in [2.05, 4.69) is 10.6 Å². The molecule has 0 unspecified atom stereocenters. The fraction of sp³-hybridized carbons (Fsp3) is 0. The van der Waals surface area contributed by atoms with E-state index < -0.39 is 11.0 Å². The minimum absolute atomic E-state index is 0.0261. The topological polar surface area (TPSA) is 104 Å². The lowest BCUT2D eigenvalue weighted by atomic mass is 10.3. The molecule has 3 N–H and O–H groups in total. The average Bonchev–Trinajstić information content (AvgIpc) is 2.38. The van der Waals surface area contributed by atoms with E-state index in [0.29, 0.717) is 11.4 Å². The number of nitrogens with one attached hydrogen (secondary N) is 2. The molecule has 7 heteroatoms. The van der Waals surface area contributed by atoms with E-state index >= 15 is 0 Å². The van der Waals surface area contributed by atoms with Crippen LogP contribution in [-0.4, -0.2) is 16.1 Å². The number of hydrogen-bond donors (Lipinski definition) is 3. The molecule has 0 aliphatic heterocycles. The van der Waals surface area contributed by atoms with Gasteiger partial charge in [-0.2, -0.15) is 0 Å². The first-order chi connectivity index (χ1) is 9.54. The smallest absolute Gasteiger partial charge is 0.323 e. The Morgan fingerprint density at radius 1 is 1.05 bits per heavy atom. The predicted octanol–water partition coefficient (Wildman–Crippen LogP) is 2.94. The van der Waals surface area contributed by atoms with Gasteiger partial charge < -0.3 is 15.7 Å². The Morgan fingerprint density at radius 3 is 2.25 bits per heavy atom. The van der Waals surface area contributed by atoms with Crippen molar-refractivity contribution in [2.75, 3.05) is 10.6 Å². The third-order valence-corrected chi connectivity index (χ3v) is 2.42. The second-order valence-electron chi connectivity index (χ2n) is 3.94. The zero-order chi connectivity index (χ0) is 14.5. The number of urea groups is 1. The van der Waals surface area contributed by atoms with Crippen LogP contribution in [0.25, 0.3) is 0 Å². The number of phenolic OH excluding ortho intramolecular Hbond substituents is 1. The first-order valence-corrected chi connectivity index (χ1v) is 5.66.